The zero-order valence-electron chi connectivity index (χ0n) is 5.55. The van der Waals surface area contributed by atoms with Crippen molar-refractivity contribution in [2.75, 3.05) is 18.2 Å². The van der Waals surface area contributed by atoms with Crippen molar-refractivity contribution < 1.29 is 13.3 Å². The van der Waals surface area contributed by atoms with Crippen LogP contribution in [0, 0.1) is 0 Å². The summed E-state index contributed by atoms with van der Waals surface area (Å²) in [6.45, 7) is -2.16. The maximum Gasteiger partial charge on any atom is 0.425 e. The van der Waals surface area contributed by atoms with Crippen molar-refractivity contribution in [3.8, 4) is 0 Å². The molecule has 0 bridgehead atoms. The molecule has 6 heteroatoms. The summed E-state index contributed by atoms with van der Waals surface area (Å²) in [5.74, 6) is 0.598. The maximum absolute atomic E-state index is 12.5. The third-order valence-electron chi connectivity index (χ3n) is 0.606. The predicted molar refractivity (Wildman–Crippen MR) is 43.5 cm³/mol. The van der Waals surface area contributed by atoms with Crippen LogP contribution in [-0.4, -0.2) is 18.2 Å². The van der Waals surface area contributed by atoms with Crippen LogP contribution >= 0.6 is 29.9 Å². The van der Waals surface area contributed by atoms with Gasteiger partial charge in [-0.05, 0) is 18.3 Å². The maximum atomic E-state index is 12.5. The summed E-state index contributed by atoms with van der Waals surface area (Å²) in [6, 6.07) is 0. The van der Waals surface area contributed by atoms with E-state index in [9.17, 15) is 8.76 Å². The Labute approximate surface area is 68.8 Å². The molecule has 0 fully saturated rings. The highest BCUT2D eigenvalue weighted by Gasteiger charge is 2.20. The smallest absolute Gasteiger partial charge is 0.298 e. The molecule has 0 saturated heterocycles. The van der Waals surface area contributed by atoms with Crippen LogP contribution in [0.4, 0.5) is 4.20 Å². The molecule has 0 aromatic carbocycles. The zero-order chi connectivity index (χ0) is 8.04. The number of hydrogen-bond acceptors (Lipinski definition) is 3. The summed E-state index contributed by atoms with van der Waals surface area (Å²) < 4.78 is 27.4. The summed E-state index contributed by atoms with van der Waals surface area (Å²) in [7, 11) is 0. The Morgan fingerprint density at radius 1 is 1.80 bits per heavy atom. The van der Waals surface area contributed by atoms with Gasteiger partial charge < -0.3 is 0 Å². The van der Waals surface area contributed by atoms with E-state index < -0.39 is 6.88 Å². The van der Waals surface area contributed by atoms with Gasteiger partial charge in [0, 0.05) is 11.6 Å². The summed E-state index contributed by atoms with van der Waals surface area (Å²) in [6.07, 6.45) is 0. The van der Waals surface area contributed by atoms with Gasteiger partial charge in [0.25, 0.3) is 0 Å². The molecule has 0 aliphatic heterocycles. The second-order valence-electron chi connectivity index (χ2n) is 1.37. The first-order chi connectivity index (χ1) is 4.62. The fourth-order valence-electron chi connectivity index (χ4n) is 0.335. The first kappa shape index (κ1) is 10.8. The lowest BCUT2D eigenvalue weighted by Crippen LogP contribution is -1.83. The molecule has 0 aliphatic carbocycles. The monoisotopic (exact) mass is 206 g/mol. The first-order valence-electron chi connectivity index (χ1n) is 2.77. The molecule has 0 aliphatic rings. The Morgan fingerprint density at radius 3 is 2.80 bits per heavy atom. The van der Waals surface area contributed by atoms with Gasteiger partial charge in [0.15, 0.2) is 0 Å². The molecule has 2 nitrogen and oxygen atoms in total. The topological polar surface area (TPSA) is 26.3 Å². The highest BCUT2D eigenvalue weighted by Crippen LogP contribution is 2.60. The minimum atomic E-state index is -3.88. The van der Waals surface area contributed by atoms with Gasteiger partial charge in [-0.25, -0.2) is 4.57 Å². The van der Waals surface area contributed by atoms with Gasteiger partial charge in [-0.2, -0.15) is 0 Å². The van der Waals surface area contributed by atoms with E-state index in [1.807, 2.05) is 0 Å². The molecule has 0 saturated carbocycles. The summed E-state index contributed by atoms with van der Waals surface area (Å²) >= 11 is 5.88. The highest BCUT2D eigenvalue weighted by atomic mass is 35.5. The van der Waals surface area contributed by atoms with Gasteiger partial charge in [-0.1, -0.05) is 0 Å². The van der Waals surface area contributed by atoms with Gasteiger partial charge in [0.05, 0.1) is 6.61 Å². The number of hydrogen-bond donors (Lipinski definition) is 0. The standard InChI is InChI=1S/C4H9ClFO2PS/c1-2-8-9(6,7)10-4-3-5/h2-4H2,1H3. The SMILES string of the molecule is CCOP(=O)(F)SCCCl. The number of halogens is 2. The third-order valence-corrected chi connectivity index (χ3v) is 4.07. The molecule has 1 atom stereocenters. The summed E-state index contributed by atoms with van der Waals surface area (Å²) in [5.41, 5.74) is 0. The normalized spacial score (nSPS) is 16.7. The Morgan fingerprint density at radius 2 is 2.40 bits per heavy atom. The molecule has 0 N–H and O–H groups in total. The van der Waals surface area contributed by atoms with Crippen LogP contribution in [0.25, 0.3) is 0 Å². The highest BCUT2D eigenvalue weighted by molar-refractivity contribution is 8.55. The Bertz CT molecular complexity index is 134. The minimum Gasteiger partial charge on any atom is -0.298 e. The van der Waals surface area contributed by atoms with Crippen LogP contribution in [0.15, 0.2) is 0 Å². The third kappa shape index (κ3) is 5.54. The first-order valence-corrected chi connectivity index (χ1v) is 6.41. The molecule has 0 amide bonds. The molecule has 10 heavy (non-hydrogen) atoms. The molecule has 1 unspecified atom stereocenters. The van der Waals surface area contributed by atoms with E-state index in [1.54, 1.807) is 6.92 Å². The van der Waals surface area contributed by atoms with Gasteiger partial charge >= 0.3 is 6.88 Å². The van der Waals surface area contributed by atoms with Crippen LogP contribution in [0.1, 0.15) is 6.92 Å². The molecule has 62 valence electrons. The predicted octanol–water partition coefficient (Wildman–Crippen LogP) is 3.07. The van der Waals surface area contributed by atoms with Crippen molar-refractivity contribution in [1.82, 2.24) is 0 Å². The van der Waals surface area contributed by atoms with Crippen molar-refractivity contribution in [1.29, 1.82) is 0 Å². The fraction of sp³-hybridized carbons (Fsp3) is 1.00. The average Bonchev–Trinajstić information content (AvgIpc) is 1.84. The van der Waals surface area contributed by atoms with E-state index in [1.165, 1.54) is 0 Å². The van der Waals surface area contributed by atoms with Crippen LogP contribution in [-0.2, 0) is 9.09 Å². The summed E-state index contributed by atoms with van der Waals surface area (Å²) in [4.78, 5) is 0. The van der Waals surface area contributed by atoms with Crippen LogP contribution in [0.2, 0.25) is 0 Å². The molecular formula is C4H9ClFO2PS. The molecular weight excluding hydrogens is 198 g/mol. The molecule has 0 radical (unpaired) electrons. The van der Waals surface area contributed by atoms with Crippen LogP contribution in [0.5, 0.6) is 0 Å². The average molecular weight is 207 g/mol. The van der Waals surface area contributed by atoms with E-state index in [0.717, 1.165) is 0 Å². The Balaban J connectivity index is 3.53. The zero-order valence-corrected chi connectivity index (χ0v) is 8.02. The van der Waals surface area contributed by atoms with E-state index in [4.69, 9.17) is 11.6 Å². The van der Waals surface area contributed by atoms with Gasteiger partial charge in [0.2, 0.25) is 0 Å². The van der Waals surface area contributed by atoms with E-state index >= 15 is 0 Å². The van der Waals surface area contributed by atoms with Gasteiger partial charge in [0.1, 0.15) is 0 Å². The quantitative estimate of drug-likeness (QED) is 0.511. The molecule has 0 aromatic heterocycles. The molecule has 0 aromatic rings. The van der Waals surface area contributed by atoms with Crippen molar-refractivity contribution >= 4 is 29.9 Å². The van der Waals surface area contributed by atoms with Crippen molar-refractivity contribution in [2.45, 2.75) is 6.92 Å². The lowest BCUT2D eigenvalue weighted by atomic mass is 10.9. The Hall–Kier alpha value is 0.760. The summed E-state index contributed by atoms with van der Waals surface area (Å²) in [5, 5.41) is 0. The lowest BCUT2D eigenvalue weighted by Gasteiger charge is -2.04. The largest absolute Gasteiger partial charge is 0.425 e. The molecule has 0 spiro atoms. The minimum absolute atomic E-state index is 0.128. The fourth-order valence-corrected chi connectivity index (χ4v) is 3.03. The number of alkyl halides is 1. The molecule has 0 rings (SSSR count). The van der Waals surface area contributed by atoms with Crippen LogP contribution in [0.3, 0.4) is 0 Å². The van der Waals surface area contributed by atoms with Crippen molar-refractivity contribution in [3.63, 3.8) is 0 Å². The lowest BCUT2D eigenvalue weighted by molar-refractivity contribution is 0.319. The second-order valence-corrected chi connectivity index (χ2v) is 5.62. The van der Waals surface area contributed by atoms with E-state index in [0.29, 0.717) is 17.1 Å². The van der Waals surface area contributed by atoms with E-state index in [-0.39, 0.29) is 12.5 Å². The van der Waals surface area contributed by atoms with E-state index in [2.05, 4.69) is 4.52 Å². The number of rotatable bonds is 5. The Kier molecular flexibility index (Phi) is 5.83. The second kappa shape index (κ2) is 5.42. The van der Waals surface area contributed by atoms with Gasteiger partial charge in [-0.3, -0.25) is 4.52 Å². The van der Waals surface area contributed by atoms with Crippen LogP contribution < -0.4 is 0 Å². The van der Waals surface area contributed by atoms with Crippen molar-refractivity contribution in [2.24, 2.45) is 0 Å². The molecule has 0 heterocycles. The van der Waals surface area contributed by atoms with Gasteiger partial charge in [-0.15, -0.1) is 15.8 Å². The van der Waals surface area contributed by atoms with Crippen molar-refractivity contribution in [3.05, 3.63) is 0 Å².